The summed E-state index contributed by atoms with van der Waals surface area (Å²) in [6.45, 7) is 2.03. The first-order valence-corrected chi connectivity index (χ1v) is 4.17. The second-order valence-corrected chi connectivity index (χ2v) is 3.17. The third-order valence-electron chi connectivity index (χ3n) is 2.17. The minimum Gasteiger partial charge on any atom is -0.323 e. The molecule has 2 heterocycles. The van der Waals surface area contributed by atoms with E-state index in [0.29, 0.717) is 0 Å². The summed E-state index contributed by atoms with van der Waals surface area (Å²) >= 11 is 0. The minimum atomic E-state index is 0. The molecule has 0 N–H and O–H groups in total. The van der Waals surface area contributed by atoms with Gasteiger partial charge in [-0.05, 0) is 0 Å². The van der Waals surface area contributed by atoms with Gasteiger partial charge >= 0.3 is 58.2 Å². The quantitative estimate of drug-likeness (QED) is 0.510. The predicted octanol–water partition coefficient (Wildman–Crippen LogP) is -1.72. The molecule has 1 aliphatic rings. The number of allylic oxidation sites excluding steroid dienone is 2. The fourth-order valence-electron chi connectivity index (χ4n) is 1.34. The Morgan fingerprint density at radius 1 is 1.36 bits per heavy atom. The first-order chi connectivity index (χ1) is 6.18. The number of nitrogens with zero attached hydrogens (tertiary/aromatic N) is 2. The fraction of sp³-hybridized carbons (Fsp3) is 0.200. The van der Waals surface area contributed by atoms with Gasteiger partial charge in [-0.1, -0.05) is 13.1 Å². The van der Waals surface area contributed by atoms with Gasteiger partial charge in [0.1, 0.15) is 0 Å². The van der Waals surface area contributed by atoms with Gasteiger partial charge in [-0.3, -0.25) is 9.48 Å². The second kappa shape index (κ2) is 4.79. The summed E-state index contributed by atoms with van der Waals surface area (Å²) < 4.78 is 3.41. The third kappa shape index (κ3) is 2.22. The van der Waals surface area contributed by atoms with Crippen molar-refractivity contribution in [3.8, 4) is 0 Å². The van der Waals surface area contributed by atoms with E-state index in [2.05, 4.69) is 0 Å². The van der Waals surface area contributed by atoms with Crippen LogP contribution in [0, 0.1) is 5.92 Å². The minimum absolute atomic E-state index is 0. The van der Waals surface area contributed by atoms with Crippen molar-refractivity contribution < 1.29 is 58.2 Å². The maximum absolute atomic E-state index is 11.3. The molecule has 0 fully saturated rings. The molecule has 3 nitrogen and oxygen atoms in total. The Bertz CT molecular complexity index is 439. The summed E-state index contributed by atoms with van der Waals surface area (Å²) in [6, 6.07) is 1.62. The van der Waals surface area contributed by atoms with E-state index in [4.69, 9.17) is 0 Å². The van der Waals surface area contributed by atoms with Crippen LogP contribution in [0.5, 0.6) is 0 Å². The number of fused-ring (bicyclic) bond motifs is 1. The van der Waals surface area contributed by atoms with E-state index in [1.54, 1.807) is 17.8 Å². The maximum atomic E-state index is 11.3. The molecule has 68 valence electrons. The molecule has 0 aliphatic carbocycles. The zero-order valence-electron chi connectivity index (χ0n) is 8.69. The van der Waals surface area contributed by atoms with Crippen LogP contribution < -0.4 is 63.7 Å². The van der Waals surface area contributed by atoms with Crippen molar-refractivity contribution in [2.24, 2.45) is 7.05 Å². The first kappa shape index (κ1) is 12.2. The number of hydrogen-bond donors (Lipinski definition) is 0. The zero-order valence-corrected chi connectivity index (χ0v) is 13.6. The largest absolute Gasteiger partial charge is 1.00 e. The van der Waals surface area contributed by atoms with Gasteiger partial charge in [-0.15, -0.1) is 6.08 Å². The third-order valence-corrected chi connectivity index (χ3v) is 2.17. The smallest absolute Gasteiger partial charge is 0.323 e. The molecular formula is C10H11N2ORb. The van der Waals surface area contributed by atoms with Crippen LogP contribution in [0.2, 0.25) is 0 Å². The molecule has 0 atom stereocenters. The van der Waals surface area contributed by atoms with Gasteiger partial charge in [0, 0.05) is 18.8 Å². The Labute approximate surface area is 132 Å². The summed E-state index contributed by atoms with van der Waals surface area (Å²) in [7, 11) is 1.75. The molecule has 0 aromatic carbocycles. The standard InChI is InChI=1S/C10H11N2O.Rb/c1-8-3-4-9-7-10(13)11(2)12(9)6-5-8;/h3-7H,1-2H3;/q-1;+1. The summed E-state index contributed by atoms with van der Waals surface area (Å²) in [5.74, 6) is 1.18. The molecule has 0 radical (unpaired) electrons. The Balaban J connectivity index is 0.000000980. The Hall–Kier alpha value is 0.165. The normalized spacial score (nSPS) is 13.4. The van der Waals surface area contributed by atoms with E-state index < -0.39 is 0 Å². The van der Waals surface area contributed by atoms with E-state index in [1.165, 1.54) is 5.92 Å². The zero-order chi connectivity index (χ0) is 9.42. The van der Waals surface area contributed by atoms with Crippen LogP contribution in [-0.2, 0) is 7.05 Å². The molecular weight excluding hydrogens is 250 g/mol. The monoisotopic (exact) mass is 260 g/mol. The van der Waals surface area contributed by atoms with Gasteiger partial charge in [0.25, 0.3) is 5.56 Å². The number of rotatable bonds is 0. The van der Waals surface area contributed by atoms with Crippen LogP contribution in [0.3, 0.4) is 0 Å². The van der Waals surface area contributed by atoms with Crippen LogP contribution in [0.25, 0.3) is 12.3 Å². The van der Waals surface area contributed by atoms with Crippen molar-refractivity contribution >= 4 is 12.3 Å². The molecule has 1 aromatic rings. The predicted molar refractivity (Wildman–Crippen MR) is 53.0 cm³/mol. The molecule has 2 rings (SSSR count). The van der Waals surface area contributed by atoms with Crippen molar-refractivity contribution in [2.75, 3.05) is 0 Å². The molecule has 0 bridgehead atoms. The van der Waals surface area contributed by atoms with E-state index in [0.717, 1.165) is 5.69 Å². The van der Waals surface area contributed by atoms with Crippen molar-refractivity contribution in [2.45, 2.75) is 6.92 Å². The average Bonchev–Trinajstić information content (AvgIpc) is 2.28. The van der Waals surface area contributed by atoms with Gasteiger partial charge in [0.15, 0.2) is 0 Å². The Kier molecular flexibility index (Phi) is 4.19. The van der Waals surface area contributed by atoms with E-state index in [9.17, 15) is 4.79 Å². The van der Waals surface area contributed by atoms with E-state index >= 15 is 0 Å². The molecule has 4 heteroatoms. The first-order valence-electron chi connectivity index (χ1n) is 4.17. The van der Waals surface area contributed by atoms with E-state index in [1.807, 2.05) is 36.0 Å². The topological polar surface area (TPSA) is 26.9 Å². The number of hydrogen-bond acceptors (Lipinski definition) is 1. The van der Waals surface area contributed by atoms with Gasteiger partial charge in [-0.25, -0.2) is 0 Å². The second-order valence-electron chi connectivity index (χ2n) is 3.17. The van der Waals surface area contributed by atoms with Crippen LogP contribution in [0.4, 0.5) is 0 Å². The van der Waals surface area contributed by atoms with Crippen LogP contribution in [0.1, 0.15) is 12.6 Å². The Morgan fingerprint density at radius 2 is 2.07 bits per heavy atom. The molecule has 0 spiro atoms. The molecule has 1 aromatic heterocycles. The van der Waals surface area contributed by atoms with Gasteiger partial charge in [0.2, 0.25) is 0 Å². The van der Waals surface area contributed by atoms with Crippen molar-refractivity contribution in [3.63, 3.8) is 0 Å². The summed E-state index contributed by atoms with van der Waals surface area (Å²) in [4.78, 5) is 11.3. The SMILES string of the molecule is C[C-]1C=Cc2cc(=O)n(C)n2C=C1.[Rb+]. The van der Waals surface area contributed by atoms with Crippen molar-refractivity contribution in [1.82, 2.24) is 9.36 Å². The summed E-state index contributed by atoms with van der Waals surface area (Å²) in [5, 5.41) is 0. The maximum Gasteiger partial charge on any atom is 1.00 e. The molecule has 0 unspecified atom stereocenters. The van der Waals surface area contributed by atoms with Gasteiger partial charge in [-0.2, -0.15) is 18.1 Å². The molecule has 0 saturated carbocycles. The van der Waals surface area contributed by atoms with Crippen LogP contribution >= 0.6 is 0 Å². The Morgan fingerprint density at radius 3 is 2.79 bits per heavy atom. The van der Waals surface area contributed by atoms with Gasteiger partial charge < -0.3 is 4.68 Å². The molecule has 0 amide bonds. The summed E-state index contributed by atoms with van der Waals surface area (Å²) in [5.41, 5.74) is 0.935. The number of aromatic nitrogens is 2. The average molecular weight is 261 g/mol. The van der Waals surface area contributed by atoms with Crippen LogP contribution in [0.15, 0.2) is 23.0 Å². The fourth-order valence-corrected chi connectivity index (χ4v) is 1.34. The van der Waals surface area contributed by atoms with Crippen molar-refractivity contribution in [1.29, 1.82) is 0 Å². The van der Waals surface area contributed by atoms with Gasteiger partial charge in [0.05, 0.1) is 0 Å². The summed E-state index contributed by atoms with van der Waals surface area (Å²) in [6.07, 6.45) is 7.81. The van der Waals surface area contributed by atoms with E-state index in [-0.39, 0.29) is 63.7 Å². The van der Waals surface area contributed by atoms with Crippen LogP contribution in [-0.4, -0.2) is 9.36 Å². The molecule has 1 aliphatic heterocycles. The molecule has 14 heavy (non-hydrogen) atoms. The van der Waals surface area contributed by atoms with Crippen molar-refractivity contribution in [3.05, 3.63) is 40.2 Å². The molecule has 0 saturated heterocycles.